The maximum absolute atomic E-state index is 8.93. The van der Waals surface area contributed by atoms with Crippen molar-refractivity contribution in [2.24, 2.45) is 0 Å². The molecule has 2 aliphatic rings. The third-order valence-corrected chi connectivity index (χ3v) is 5.91. The van der Waals surface area contributed by atoms with Crippen LogP contribution in [0.1, 0.15) is 11.5 Å². The molecule has 1 fully saturated rings. The van der Waals surface area contributed by atoms with E-state index < -0.39 is 0 Å². The Morgan fingerprint density at radius 1 is 1.10 bits per heavy atom. The van der Waals surface area contributed by atoms with Gasteiger partial charge >= 0.3 is 0 Å². The van der Waals surface area contributed by atoms with Crippen LogP contribution in [-0.4, -0.2) is 70.9 Å². The monoisotopic (exact) mass is 420 g/mol. The second-order valence-corrected chi connectivity index (χ2v) is 8.09. The molecule has 5 rings (SSSR count). The summed E-state index contributed by atoms with van der Waals surface area (Å²) >= 11 is 0. The Morgan fingerprint density at radius 2 is 1.94 bits per heavy atom. The molecule has 2 aromatic heterocycles. The molecule has 0 aliphatic carbocycles. The van der Waals surface area contributed by atoms with E-state index in [1.807, 2.05) is 12.4 Å². The van der Waals surface area contributed by atoms with Gasteiger partial charge in [-0.1, -0.05) is 6.07 Å². The number of rotatable bonds is 6. The molecule has 0 saturated carbocycles. The van der Waals surface area contributed by atoms with Gasteiger partial charge in [-0.2, -0.15) is 0 Å². The van der Waals surface area contributed by atoms with Crippen molar-refractivity contribution < 1.29 is 9.84 Å². The average molecular weight is 421 g/mol. The third-order valence-electron chi connectivity index (χ3n) is 5.91. The number of nitrogens with one attached hydrogen (secondary N) is 1. The van der Waals surface area contributed by atoms with Crippen molar-refractivity contribution in [3.05, 3.63) is 54.2 Å². The van der Waals surface area contributed by atoms with Gasteiger partial charge in [0.2, 0.25) is 0 Å². The number of aromatic nitrogens is 3. The Morgan fingerprint density at radius 3 is 2.71 bits per heavy atom. The van der Waals surface area contributed by atoms with Gasteiger partial charge in [-0.15, -0.1) is 0 Å². The van der Waals surface area contributed by atoms with E-state index in [4.69, 9.17) is 14.8 Å². The summed E-state index contributed by atoms with van der Waals surface area (Å²) in [5, 5.41) is 12.1. The molecule has 1 aromatic carbocycles. The van der Waals surface area contributed by atoms with Crippen LogP contribution >= 0.6 is 0 Å². The van der Waals surface area contributed by atoms with E-state index in [0.717, 1.165) is 66.1 Å². The van der Waals surface area contributed by atoms with E-state index in [-0.39, 0.29) is 6.61 Å². The number of hydrogen-bond acceptors (Lipinski definition) is 7. The molecule has 0 atom stereocenters. The molecule has 3 aromatic rings. The maximum atomic E-state index is 8.93. The van der Waals surface area contributed by atoms with E-state index >= 15 is 0 Å². The van der Waals surface area contributed by atoms with Crippen molar-refractivity contribution in [2.45, 2.75) is 13.2 Å². The van der Waals surface area contributed by atoms with Crippen LogP contribution in [0.5, 0.6) is 5.75 Å². The fourth-order valence-corrected chi connectivity index (χ4v) is 4.09. The zero-order valence-electron chi connectivity index (χ0n) is 17.8. The number of nitrogens with zero attached hydrogens (tertiary/aromatic N) is 5. The molecular formula is C23H28N6O2. The number of likely N-dealkylation sites (N-methyl/N-ethyl adjacent to an activating group) is 1. The Labute approximate surface area is 182 Å². The van der Waals surface area contributed by atoms with E-state index in [0.29, 0.717) is 19.7 Å². The van der Waals surface area contributed by atoms with Crippen LogP contribution in [0, 0.1) is 0 Å². The fraction of sp³-hybridized carbons (Fsp3) is 0.391. The van der Waals surface area contributed by atoms with Gasteiger partial charge in [0.05, 0.1) is 18.0 Å². The summed E-state index contributed by atoms with van der Waals surface area (Å²) in [7, 11) is 2.16. The number of ether oxygens (including phenoxy) is 1. The molecule has 0 radical (unpaired) electrons. The van der Waals surface area contributed by atoms with Gasteiger partial charge in [0, 0.05) is 57.2 Å². The second-order valence-electron chi connectivity index (χ2n) is 8.09. The summed E-state index contributed by atoms with van der Waals surface area (Å²) in [4.78, 5) is 14.0. The minimum Gasteiger partial charge on any atom is -0.483 e. The van der Waals surface area contributed by atoms with Crippen molar-refractivity contribution in [2.75, 3.05) is 51.3 Å². The number of benzene rings is 1. The molecule has 0 unspecified atom stereocenters. The SMILES string of the molecule is CN1CCN(c2ccc(-c3ccc4c(c3)OCc3nc(CNCCO)cn3-4)cn2)CC1. The molecule has 31 heavy (non-hydrogen) atoms. The molecule has 8 heteroatoms. The van der Waals surface area contributed by atoms with Crippen molar-refractivity contribution in [3.8, 4) is 22.6 Å². The topological polar surface area (TPSA) is 78.7 Å². The Hall–Kier alpha value is -2.94. The van der Waals surface area contributed by atoms with Crippen LogP contribution in [0.15, 0.2) is 42.7 Å². The highest BCUT2D eigenvalue weighted by Crippen LogP contribution is 2.34. The molecule has 1 saturated heterocycles. The zero-order chi connectivity index (χ0) is 21.2. The lowest BCUT2D eigenvalue weighted by molar-refractivity contribution is 0.279. The lowest BCUT2D eigenvalue weighted by Crippen LogP contribution is -2.44. The van der Waals surface area contributed by atoms with Gasteiger partial charge in [-0.05, 0) is 36.9 Å². The number of aliphatic hydroxyl groups is 1. The second kappa shape index (κ2) is 8.66. The van der Waals surface area contributed by atoms with E-state index in [1.54, 1.807) is 0 Å². The summed E-state index contributed by atoms with van der Waals surface area (Å²) in [6.45, 7) is 5.91. The number of pyridine rings is 1. The lowest BCUT2D eigenvalue weighted by atomic mass is 10.1. The van der Waals surface area contributed by atoms with Crippen LogP contribution in [0.3, 0.4) is 0 Å². The van der Waals surface area contributed by atoms with E-state index in [9.17, 15) is 0 Å². The lowest BCUT2D eigenvalue weighted by Gasteiger charge is -2.33. The molecule has 0 spiro atoms. The molecule has 162 valence electrons. The normalized spacial score (nSPS) is 16.0. The van der Waals surface area contributed by atoms with E-state index in [2.05, 4.69) is 62.0 Å². The van der Waals surface area contributed by atoms with Gasteiger partial charge in [0.1, 0.15) is 18.2 Å². The highest BCUT2D eigenvalue weighted by molar-refractivity contribution is 5.69. The molecule has 0 bridgehead atoms. The number of fused-ring (bicyclic) bond motifs is 3. The van der Waals surface area contributed by atoms with Crippen LogP contribution in [0.2, 0.25) is 0 Å². The Bertz CT molecular complexity index is 1040. The number of piperazine rings is 1. The summed E-state index contributed by atoms with van der Waals surface area (Å²) in [5.74, 6) is 2.77. The number of anilines is 1. The van der Waals surface area contributed by atoms with E-state index in [1.165, 1.54) is 0 Å². The quantitative estimate of drug-likeness (QED) is 0.587. The molecule has 2 aliphatic heterocycles. The first-order valence-corrected chi connectivity index (χ1v) is 10.8. The van der Waals surface area contributed by atoms with Gasteiger partial charge < -0.3 is 25.0 Å². The predicted octanol–water partition coefficient (Wildman–Crippen LogP) is 1.66. The number of hydrogen-bond donors (Lipinski definition) is 2. The number of imidazole rings is 1. The fourth-order valence-electron chi connectivity index (χ4n) is 4.09. The molecule has 4 heterocycles. The van der Waals surface area contributed by atoms with Crippen LogP contribution in [-0.2, 0) is 13.2 Å². The number of aliphatic hydroxyl groups excluding tert-OH is 1. The predicted molar refractivity (Wildman–Crippen MR) is 120 cm³/mol. The first-order valence-electron chi connectivity index (χ1n) is 10.8. The Balaban J connectivity index is 1.34. The molecular weight excluding hydrogens is 392 g/mol. The smallest absolute Gasteiger partial charge is 0.151 e. The Kier molecular flexibility index (Phi) is 5.59. The molecule has 8 nitrogen and oxygen atoms in total. The van der Waals surface area contributed by atoms with Crippen LogP contribution in [0.25, 0.3) is 16.8 Å². The van der Waals surface area contributed by atoms with Gasteiger partial charge in [0.25, 0.3) is 0 Å². The largest absolute Gasteiger partial charge is 0.483 e. The average Bonchev–Trinajstić information content (AvgIpc) is 3.23. The maximum Gasteiger partial charge on any atom is 0.151 e. The summed E-state index contributed by atoms with van der Waals surface area (Å²) in [6.07, 6.45) is 3.99. The zero-order valence-corrected chi connectivity index (χ0v) is 17.8. The molecule has 0 amide bonds. The first kappa shape index (κ1) is 20.0. The van der Waals surface area contributed by atoms with Crippen molar-refractivity contribution in [3.63, 3.8) is 0 Å². The third kappa shape index (κ3) is 4.14. The minimum atomic E-state index is 0.119. The minimum absolute atomic E-state index is 0.119. The van der Waals surface area contributed by atoms with Crippen LogP contribution in [0.4, 0.5) is 5.82 Å². The first-order chi connectivity index (χ1) is 15.2. The summed E-state index contributed by atoms with van der Waals surface area (Å²) in [6, 6.07) is 10.5. The van der Waals surface area contributed by atoms with Crippen molar-refractivity contribution in [1.82, 2.24) is 24.8 Å². The highest BCUT2D eigenvalue weighted by atomic mass is 16.5. The van der Waals surface area contributed by atoms with Crippen LogP contribution < -0.4 is 15.0 Å². The standard InChI is InChI=1S/C23H28N6O2/c1-27-7-9-28(10-8-27)22-5-3-18(13-25-22)17-2-4-20-21(12-17)31-16-23-26-19(15-29(20)23)14-24-6-11-30/h2-5,12-13,15,24,30H,6-11,14,16H2,1H3. The summed E-state index contributed by atoms with van der Waals surface area (Å²) in [5.41, 5.74) is 4.10. The molecule has 2 N–H and O–H groups in total. The van der Waals surface area contributed by atoms with Crippen molar-refractivity contribution in [1.29, 1.82) is 0 Å². The van der Waals surface area contributed by atoms with Gasteiger partial charge in [-0.3, -0.25) is 4.57 Å². The summed E-state index contributed by atoms with van der Waals surface area (Å²) < 4.78 is 8.09. The highest BCUT2D eigenvalue weighted by Gasteiger charge is 2.20. The van der Waals surface area contributed by atoms with Gasteiger partial charge in [-0.25, -0.2) is 9.97 Å². The van der Waals surface area contributed by atoms with Gasteiger partial charge in [0.15, 0.2) is 5.82 Å². The van der Waals surface area contributed by atoms with Crippen molar-refractivity contribution >= 4 is 5.82 Å².